The van der Waals surface area contributed by atoms with Gasteiger partial charge in [0.15, 0.2) is 17.3 Å². The smallest absolute Gasteiger partial charge is 0.483 e. The minimum atomic E-state index is -5.98. The van der Waals surface area contributed by atoms with Crippen LogP contribution >= 0.6 is 0 Å². The van der Waals surface area contributed by atoms with Gasteiger partial charge in [0.05, 0.1) is 6.04 Å². The molecule has 0 aromatic heterocycles. The topological polar surface area (TPSA) is 168 Å². The third-order valence-corrected chi connectivity index (χ3v) is 10.2. The number of ketones is 1. The molecule has 3 N–H and O–H groups in total. The summed E-state index contributed by atoms with van der Waals surface area (Å²) in [5, 5.41) is 4.57. The van der Waals surface area contributed by atoms with Crippen molar-refractivity contribution in [3.8, 4) is 5.75 Å². The number of Topliss-reactive ketones (excluding diaryl/α,β-unsaturated/α-hetero) is 1. The summed E-state index contributed by atoms with van der Waals surface area (Å²) < 4.78 is 97.9. The second kappa shape index (κ2) is 12.4. The third-order valence-electron chi connectivity index (χ3n) is 9.01. The highest BCUT2D eigenvalue weighted by molar-refractivity contribution is 7.90. The molecule has 3 aliphatic rings. The third kappa shape index (κ3) is 7.42. The normalized spacial score (nSPS) is 25.1. The predicted octanol–water partition coefficient (Wildman–Crippen LogP) is 1.79. The Hall–Kier alpha value is -3.67. The molecule has 1 aromatic rings. The van der Waals surface area contributed by atoms with Gasteiger partial charge in [-0.1, -0.05) is 34.6 Å². The van der Waals surface area contributed by atoms with E-state index in [-0.39, 0.29) is 18.9 Å². The molecule has 4 rings (SSSR count). The Kier molecular flexibility index (Phi) is 9.55. The van der Waals surface area contributed by atoms with E-state index in [0.717, 1.165) is 17.0 Å². The summed E-state index contributed by atoms with van der Waals surface area (Å²) in [4.78, 5) is 66.1. The quantitative estimate of drug-likeness (QED) is 0.233. The molecule has 2 saturated heterocycles. The molecule has 0 unspecified atom stereocenters. The van der Waals surface area contributed by atoms with E-state index in [1.807, 2.05) is 0 Å². The predicted molar refractivity (Wildman–Crippen MR) is 152 cm³/mol. The lowest BCUT2D eigenvalue weighted by atomic mass is 9.86. The number of ether oxygens (including phenoxy) is 1. The molecule has 0 radical (unpaired) electrons. The highest BCUT2D eigenvalue weighted by atomic mass is 32.2. The molecule has 0 spiro atoms. The molecule has 1 aliphatic carbocycles. The number of nitrogens with zero attached hydrogens (tertiary/aromatic N) is 1. The lowest BCUT2D eigenvalue weighted by Crippen LogP contribution is -2.61. The Bertz CT molecular complexity index is 1590. The largest absolute Gasteiger partial charge is 0.511 e. The van der Waals surface area contributed by atoms with Crippen LogP contribution in [0.4, 0.5) is 22.0 Å². The number of likely N-dealkylation sites (tertiary alicyclic amines) is 1. The van der Waals surface area contributed by atoms with Crippen LogP contribution < -0.4 is 20.1 Å². The van der Waals surface area contributed by atoms with E-state index in [2.05, 4.69) is 10.6 Å². The molecule has 1 saturated carbocycles. The standard InChI is InChI=1S/C29H35F5N4O8S/c1-27(2,3)23(37-47(44,45)29(32,33)34)26(43)38-11-15-21(28(15,4)5)22(38)25(42)35-17(8-13-9-20(40)36-24(13)41)18(39)12-46-19-7-6-14(30)10-16(19)31/h6-7,10,13,15,17,21-23,37H,8-9,11-12H2,1-5H3,(H,35,42)(H,36,40,41)/t13-,15+,17+,21+,22+,23-/m1/s1. The fourth-order valence-corrected chi connectivity index (χ4v) is 7.15. The van der Waals surface area contributed by atoms with Crippen molar-refractivity contribution in [1.82, 2.24) is 20.3 Å². The molecule has 2 aliphatic heterocycles. The summed E-state index contributed by atoms with van der Waals surface area (Å²) in [5.41, 5.74) is -7.61. The Balaban J connectivity index is 1.61. The number of hydrogen-bond acceptors (Lipinski definition) is 8. The summed E-state index contributed by atoms with van der Waals surface area (Å²) in [6, 6.07) is -2.47. The zero-order valence-electron chi connectivity index (χ0n) is 26.0. The maximum Gasteiger partial charge on any atom is 0.511 e. The molecule has 12 nitrogen and oxygen atoms in total. The first-order chi connectivity index (χ1) is 21.5. The second-order valence-electron chi connectivity index (χ2n) is 13.7. The van der Waals surface area contributed by atoms with Gasteiger partial charge in [0.1, 0.15) is 24.5 Å². The number of imide groups is 1. The molecule has 2 heterocycles. The average Bonchev–Trinajstić information content (AvgIpc) is 3.21. The second-order valence-corrected chi connectivity index (χ2v) is 15.4. The molecule has 1 aromatic carbocycles. The fraction of sp³-hybridized carbons (Fsp3) is 0.621. The maximum atomic E-state index is 14.1. The molecule has 3 fully saturated rings. The molecule has 4 amide bonds. The minimum Gasteiger partial charge on any atom is -0.483 e. The van der Waals surface area contributed by atoms with Gasteiger partial charge in [0.25, 0.3) is 0 Å². The van der Waals surface area contributed by atoms with E-state index >= 15 is 0 Å². The average molecular weight is 695 g/mol. The van der Waals surface area contributed by atoms with Crippen LogP contribution in [0.1, 0.15) is 47.5 Å². The van der Waals surface area contributed by atoms with Crippen LogP contribution in [0.5, 0.6) is 5.75 Å². The van der Waals surface area contributed by atoms with E-state index < -0.39 is 116 Å². The summed E-state index contributed by atoms with van der Waals surface area (Å²) in [7, 11) is -5.98. The van der Waals surface area contributed by atoms with E-state index in [4.69, 9.17) is 4.74 Å². The number of piperidine rings is 1. The van der Waals surface area contributed by atoms with Gasteiger partial charge in [0.2, 0.25) is 23.6 Å². The van der Waals surface area contributed by atoms with Crippen LogP contribution in [0, 0.1) is 40.2 Å². The molecule has 18 heteroatoms. The number of amides is 4. The van der Waals surface area contributed by atoms with Gasteiger partial charge in [-0.25, -0.2) is 17.2 Å². The lowest BCUT2D eigenvalue weighted by Gasteiger charge is -2.37. The van der Waals surface area contributed by atoms with Crippen molar-refractivity contribution in [1.29, 1.82) is 0 Å². The molecular formula is C29H35F5N4O8S. The summed E-state index contributed by atoms with van der Waals surface area (Å²) in [6.07, 6.45) is -0.699. The number of carbonyl (C=O) groups is 5. The van der Waals surface area contributed by atoms with Crippen molar-refractivity contribution in [2.45, 2.75) is 71.1 Å². The number of fused-ring (bicyclic) bond motifs is 1. The van der Waals surface area contributed by atoms with Crippen molar-refractivity contribution >= 4 is 39.4 Å². The Labute approximate surface area is 267 Å². The van der Waals surface area contributed by atoms with Crippen LogP contribution in [0.2, 0.25) is 0 Å². The highest BCUT2D eigenvalue weighted by Gasteiger charge is 2.70. The van der Waals surface area contributed by atoms with Crippen molar-refractivity contribution in [2.75, 3.05) is 13.2 Å². The molecule has 6 atom stereocenters. The van der Waals surface area contributed by atoms with Crippen LogP contribution in [0.25, 0.3) is 0 Å². The first-order valence-electron chi connectivity index (χ1n) is 14.6. The van der Waals surface area contributed by atoms with Crippen molar-refractivity contribution in [3.63, 3.8) is 0 Å². The number of alkyl halides is 3. The van der Waals surface area contributed by atoms with Crippen LogP contribution in [-0.2, 0) is 34.0 Å². The summed E-state index contributed by atoms with van der Waals surface area (Å²) >= 11 is 0. The van der Waals surface area contributed by atoms with E-state index in [9.17, 15) is 54.3 Å². The van der Waals surface area contributed by atoms with Gasteiger partial charge in [-0.3, -0.25) is 29.3 Å². The Morgan fingerprint density at radius 2 is 1.77 bits per heavy atom. The number of rotatable bonds is 11. The van der Waals surface area contributed by atoms with Crippen molar-refractivity contribution in [3.05, 3.63) is 29.8 Å². The van der Waals surface area contributed by atoms with Crippen LogP contribution in [0.15, 0.2) is 18.2 Å². The number of nitrogens with one attached hydrogen (secondary N) is 3. The van der Waals surface area contributed by atoms with E-state index in [1.54, 1.807) is 13.8 Å². The first-order valence-corrected chi connectivity index (χ1v) is 16.1. The number of sulfonamides is 1. The van der Waals surface area contributed by atoms with Crippen LogP contribution in [-0.4, -0.2) is 79.5 Å². The highest BCUT2D eigenvalue weighted by Crippen LogP contribution is 2.65. The van der Waals surface area contributed by atoms with Gasteiger partial charge >= 0.3 is 15.5 Å². The lowest BCUT2D eigenvalue weighted by molar-refractivity contribution is -0.144. The fourth-order valence-electron chi connectivity index (χ4n) is 6.25. The van der Waals surface area contributed by atoms with Gasteiger partial charge in [-0.2, -0.15) is 17.9 Å². The Morgan fingerprint density at radius 1 is 1.13 bits per heavy atom. The summed E-state index contributed by atoms with van der Waals surface area (Å²) in [5.74, 6) is -8.58. The molecule has 0 bridgehead atoms. The zero-order valence-corrected chi connectivity index (χ0v) is 26.9. The number of halogens is 5. The Morgan fingerprint density at radius 3 is 2.30 bits per heavy atom. The maximum absolute atomic E-state index is 14.1. The number of hydrogen-bond donors (Lipinski definition) is 3. The molecular weight excluding hydrogens is 659 g/mol. The van der Waals surface area contributed by atoms with Crippen LogP contribution in [0.3, 0.4) is 0 Å². The minimum absolute atomic E-state index is 0.0972. The van der Waals surface area contributed by atoms with E-state index in [1.165, 1.54) is 25.5 Å². The first kappa shape index (κ1) is 36.2. The van der Waals surface area contributed by atoms with Crippen molar-refractivity contribution < 1.29 is 59.1 Å². The summed E-state index contributed by atoms with van der Waals surface area (Å²) in [6.45, 7) is 6.69. The number of carbonyl (C=O) groups excluding carboxylic acids is 5. The van der Waals surface area contributed by atoms with Gasteiger partial charge < -0.3 is 15.0 Å². The van der Waals surface area contributed by atoms with Gasteiger partial charge in [0, 0.05) is 24.9 Å². The zero-order chi connectivity index (χ0) is 35.4. The van der Waals surface area contributed by atoms with Gasteiger partial charge in [-0.05, 0) is 41.2 Å². The number of benzene rings is 1. The monoisotopic (exact) mass is 694 g/mol. The van der Waals surface area contributed by atoms with E-state index in [0.29, 0.717) is 6.07 Å². The molecule has 260 valence electrons. The van der Waals surface area contributed by atoms with Gasteiger partial charge in [-0.15, -0.1) is 0 Å². The molecule has 47 heavy (non-hydrogen) atoms. The van der Waals surface area contributed by atoms with Crippen molar-refractivity contribution in [2.24, 2.45) is 28.6 Å². The SMILES string of the molecule is CC(C)(C)[C@H](NS(=O)(=O)C(F)(F)F)C(=O)N1C[C@H]2[C@@H]([C@H]1C(=O)N[C@@H](C[C@@H]1CC(=O)NC1=O)C(=O)COc1ccc(F)cc1F)C2(C)C.